The number of aromatic hydroxyl groups is 1. The van der Waals surface area contributed by atoms with Gasteiger partial charge in [0.25, 0.3) is 5.69 Å². The molecule has 1 N–H and O–H groups in total. The molecule has 2 aromatic carbocycles. The quantitative estimate of drug-likeness (QED) is 0.519. The van der Waals surface area contributed by atoms with Crippen molar-refractivity contribution in [1.29, 1.82) is 0 Å². The lowest BCUT2D eigenvalue weighted by molar-refractivity contribution is -0.384. The van der Waals surface area contributed by atoms with E-state index >= 15 is 0 Å². The van der Waals surface area contributed by atoms with E-state index in [1.165, 1.54) is 26.4 Å². The molecule has 0 aromatic heterocycles. The highest BCUT2D eigenvalue weighted by Gasteiger charge is 2.09. The second kappa shape index (κ2) is 6.62. The SMILES string of the molecule is COc1cc(C=Cc2ccc([N+](=O)[O-])cc2)cc(OC)c1O. The van der Waals surface area contributed by atoms with Gasteiger partial charge in [0, 0.05) is 12.1 Å². The Balaban J connectivity index is 2.27. The van der Waals surface area contributed by atoms with E-state index in [9.17, 15) is 15.2 Å². The number of nitrogens with zero attached hydrogens (tertiary/aromatic N) is 1. The number of hydrogen-bond acceptors (Lipinski definition) is 5. The number of phenols is 1. The minimum atomic E-state index is -0.441. The van der Waals surface area contributed by atoms with Crippen molar-refractivity contribution >= 4 is 17.8 Å². The Hall–Kier alpha value is -3.02. The van der Waals surface area contributed by atoms with Crippen molar-refractivity contribution in [3.8, 4) is 17.2 Å². The van der Waals surface area contributed by atoms with Crippen molar-refractivity contribution in [3.05, 3.63) is 57.6 Å². The molecule has 0 saturated carbocycles. The van der Waals surface area contributed by atoms with Crippen LogP contribution in [0, 0.1) is 10.1 Å². The van der Waals surface area contributed by atoms with E-state index in [-0.39, 0.29) is 11.4 Å². The highest BCUT2D eigenvalue weighted by Crippen LogP contribution is 2.37. The van der Waals surface area contributed by atoms with E-state index in [4.69, 9.17) is 9.47 Å². The number of nitro benzene ring substituents is 1. The van der Waals surface area contributed by atoms with Gasteiger partial charge in [0.2, 0.25) is 5.75 Å². The fourth-order valence-electron chi connectivity index (χ4n) is 1.91. The van der Waals surface area contributed by atoms with Gasteiger partial charge in [0.05, 0.1) is 19.1 Å². The second-order valence-electron chi connectivity index (χ2n) is 4.46. The molecule has 22 heavy (non-hydrogen) atoms. The molecule has 6 nitrogen and oxygen atoms in total. The van der Waals surface area contributed by atoms with Crippen molar-refractivity contribution in [3.63, 3.8) is 0 Å². The predicted octanol–water partition coefficient (Wildman–Crippen LogP) is 3.49. The van der Waals surface area contributed by atoms with Crippen molar-refractivity contribution in [1.82, 2.24) is 0 Å². The summed E-state index contributed by atoms with van der Waals surface area (Å²) in [5.41, 5.74) is 1.63. The topological polar surface area (TPSA) is 81.8 Å². The van der Waals surface area contributed by atoms with Gasteiger partial charge in [-0.1, -0.05) is 12.2 Å². The average Bonchev–Trinajstić information content (AvgIpc) is 2.54. The summed E-state index contributed by atoms with van der Waals surface area (Å²) < 4.78 is 10.2. The lowest BCUT2D eigenvalue weighted by Gasteiger charge is -2.09. The normalized spacial score (nSPS) is 10.6. The van der Waals surface area contributed by atoms with Gasteiger partial charge in [-0.2, -0.15) is 0 Å². The van der Waals surface area contributed by atoms with Crippen molar-refractivity contribution < 1.29 is 19.5 Å². The van der Waals surface area contributed by atoms with Gasteiger partial charge in [0.15, 0.2) is 11.5 Å². The summed E-state index contributed by atoms with van der Waals surface area (Å²) in [4.78, 5) is 10.2. The van der Waals surface area contributed by atoms with E-state index in [2.05, 4.69) is 0 Å². The Morgan fingerprint density at radius 3 is 1.95 bits per heavy atom. The molecule has 2 rings (SSSR count). The van der Waals surface area contributed by atoms with Crippen molar-refractivity contribution in [2.45, 2.75) is 0 Å². The van der Waals surface area contributed by atoms with Crippen LogP contribution in [0.15, 0.2) is 36.4 Å². The first-order valence-electron chi connectivity index (χ1n) is 6.42. The lowest BCUT2D eigenvalue weighted by atomic mass is 10.1. The number of non-ortho nitro benzene ring substituents is 1. The zero-order valence-corrected chi connectivity index (χ0v) is 12.1. The van der Waals surface area contributed by atoms with Crippen LogP contribution < -0.4 is 9.47 Å². The molecule has 0 aliphatic carbocycles. The third-order valence-electron chi connectivity index (χ3n) is 3.07. The molecule has 0 heterocycles. The van der Waals surface area contributed by atoms with Crippen molar-refractivity contribution in [2.75, 3.05) is 14.2 Å². The number of benzene rings is 2. The molecule has 0 aliphatic rings. The van der Waals surface area contributed by atoms with E-state index in [1.54, 1.807) is 36.4 Å². The highest BCUT2D eigenvalue weighted by molar-refractivity contribution is 5.72. The summed E-state index contributed by atoms with van der Waals surface area (Å²) in [6.45, 7) is 0. The van der Waals surface area contributed by atoms with Gasteiger partial charge in [-0.05, 0) is 35.4 Å². The molecule has 0 spiro atoms. The van der Waals surface area contributed by atoms with Gasteiger partial charge >= 0.3 is 0 Å². The van der Waals surface area contributed by atoms with E-state index in [0.29, 0.717) is 11.5 Å². The monoisotopic (exact) mass is 301 g/mol. The third kappa shape index (κ3) is 3.35. The fourth-order valence-corrected chi connectivity index (χ4v) is 1.91. The molecular formula is C16H15NO5. The Morgan fingerprint density at radius 2 is 1.50 bits per heavy atom. The van der Waals surface area contributed by atoms with Crippen LogP contribution in [0.4, 0.5) is 5.69 Å². The summed E-state index contributed by atoms with van der Waals surface area (Å²) >= 11 is 0. The molecule has 0 radical (unpaired) electrons. The molecule has 6 heteroatoms. The summed E-state index contributed by atoms with van der Waals surface area (Å²) in [7, 11) is 2.91. The number of phenolic OH excluding ortho intramolecular Hbond substituents is 1. The first-order valence-corrected chi connectivity index (χ1v) is 6.42. The molecule has 0 saturated heterocycles. The Bertz CT molecular complexity index is 682. The molecule has 114 valence electrons. The summed E-state index contributed by atoms with van der Waals surface area (Å²) in [6, 6.07) is 9.53. The minimum Gasteiger partial charge on any atom is -0.502 e. The lowest BCUT2D eigenvalue weighted by Crippen LogP contribution is -1.90. The number of ether oxygens (including phenoxy) is 2. The van der Waals surface area contributed by atoms with Gasteiger partial charge < -0.3 is 14.6 Å². The Labute approximate surface area is 127 Å². The fraction of sp³-hybridized carbons (Fsp3) is 0.125. The van der Waals surface area contributed by atoms with Crippen LogP contribution in [0.25, 0.3) is 12.2 Å². The maximum absolute atomic E-state index is 10.6. The predicted molar refractivity (Wildman–Crippen MR) is 83.2 cm³/mol. The first kappa shape index (κ1) is 15.4. The molecule has 0 fully saturated rings. The number of methoxy groups -OCH3 is 2. The van der Waals surface area contributed by atoms with Crippen molar-refractivity contribution in [2.24, 2.45) is 0 Å². The van der Waals surface area contributed by atoms with Crippen LogP contribution in [-0.4, -0.2) is 24.2 Å². The standard InChI is InChI=1S/C16H15NO5/c1-21-14-9-12(10-15(22-2)16(14)18)4-3-11-5-7-13(8-6-11)17(19)20/h3-10,18H,1-2H3. The molecular weight excluding hydrogens is 286 g/mol. The molecule has 2 aromatic rings. The van der Waals surface area contributed by atoms with Crippen LogP contribution in [0.1, 0.15) is 11.1 Å². The van der Waals surface area contributed by atoms with Crippen LogP contribution in [-0.2, 0) is 0 Å². The largest absolute Gasteiger partial charge is 0.502 e. The van der Waals surface area contributed by atoms with E-state index in [1.807, 2.05) is 0 Å². The van der Waals surface area contributed by atoms with Gasteiger partial charge in [-0.25, -0.2) is 0 Å². The first-order chi connectivity index (χ1) is 10.5. The van der Waals surface area contributed by atoms with Crippen LogP contribution in [0.5, 0.6) is 17.2 Å². The minimum absolute atomic E-state index is 0.0464. The smallest absolute Gasteiger partial charge is 0.269 e. The Kier molecular flexibility index (Phi) is 4.63. The number of nitro groups is 1. The number of rotatable bonds is 5. The molecule has 0 atom stereocenters. The van der Waals surface area contributed by atoms with E-state index in [0.717, 1.165) is 11.1 Å². The zero-order chi connectivity index (χ0) is 16.1. The van der Waals surface area contributed by atoms with Gasteiger partial charge in [-0.3, -0.25) is 10.1 Å². The molecule has 0 unspecified atom stereocenters. The molecule has 0 aliphatic heterocycles. The maximum atomic E-state index is 10.6. The average molecular weight is 301 g/mol. The second-order valence-corrected chi connectivity index (χ2v) is 4.46. The highest BCUT2D eigenvalue weighted by atomic mass is 16.6. The van der Waals surface area contributed by atoms with Gasteiger partial charge in [0.1, 0.15) is 0 Å². The molecule has 0 bridgehead atoms. The maximum Gasteiger partial charge on any atom is 0.269 e. The third-order valence-corrected chi connectivity index (χ3v) is 3.07. The number of hydrogen-bond donors (Lipinski definition) is 1. The molecule has 0 amide bonds. The summed E-state index contributed by atoms with van der Waals surface area (Å²) in [6.07, 6.45) is 3.60. The van der Waals surface area contributed by atoms with Crippen LogP contribution in [0.3, 0.4) is 0 Å². The Morgan fingerprint density at radius 1 is 1.00 bits per heavy atom. The summed E-state index contributed by atoms with van der Waals surface area (Å²) in [5.74, 6) is 0.558. The van der Waals surface area contributed by atoms with Gasteiger partial charge in [-0.15, -0.1) is 0 Å². The van der Waals surface area contributed by atoms with Crippen LogP contribution in [0.2, 0.25) is 0 Å². The van der Waals surface area contributed by atoms with Crippen LogP contribution >= 0.6 is 0 Å². The summed E-state index contributed by atoms with van der Waals surface area (Å²) in [5, 5.41) is 20.4. The zero-order valence-electron chi connectivity index (χ0n) is 12.1. The van der Waals surface area contributed by atoms with E-state index < -0.39 is 4.92 Å².